The summed E-state index contributed by atoms with van der Waals surface area (Å²) in [5, 5.41) is 4.82. The summed E-state index contributed by atoms with van der Waals surface area (Å²) >= 11 is 0. The lowest BCUT2D eigenvalue weighted by atomic mass is 10.2. The van der Waals surface area contributed by atoms with E-state index in [0.29, 0.717) is 22.4 Å². The van der Waals surface area contributed by atoms with Crippen molar-refractivity contribution in [3.8, 4) is 0 Å². The van der Waals surface area contributed by atoms with E-state index < -0.39 is 5.91 Å². The Hall–Kier alpha value is -2.50. The molecule has 0 unspecified atom stereocenters. The first kappa shape index (κ1) is 10.6. The quantitative estimate of drug-likeness (QED) is 0.712. The van der Waals surface area contributed by atoms with Crippen LogP contribution in [-0.2, 0) is 4.79 Å². The third-order valence-corrected chi connectivity index (χ3v) is 2.68. The first-order chi connectivity index (χ1) is 8.65. The molecule has 0 bridgehead atoms. The molecule has 0 saturated carbocycles. The number of hydrogen-bond donors (Lipinski definition) is 0. The second-order valence-corrected chi connectivity index (χ2v) is 4.06. The number of oxazole rings is 1. The zero-order valence-electron chi connectivity index (χ0n) is 9.58. The maximum Gasteiger partial charge on any atom is 0.281 e. The average Bonchev–Trinajstić information content (AvgIpc) is 2.93. The minimum Gasteiger partial charge on any atom is -0.443 e. The van der Waals surface area contributed by atoms with E-state index in [1.54, 1.807) is 25.1 Å². The number of carbonyl (C=O) groups is 2. The highest BCUT2D eigenvalue weighted by molar-refractivity contribution is 6.14. The van der Waals surface area contributed by atoms with Gasteiger partial charge in [-0.2, -0.15) is 10.1 Å². The third-order valence-electron chi connectivity index (χ3n) is 2.68. The molecule has 0 saturated heterocycles. The van der Waals surface area contributed by atoms with Crippen LogP contribution in [0.15, 0.2) is 34.1 Å². The van der Waals surface area contributed by atoms with Crippen molar-refractivity contribution in [3.05, 3.63) is 30.2 Å². The van der Waals surface area contributed by atoms with Crippen LogP contribution in [0.1, 0.15) is 23.7 Å². The summed E-state index contributed by atoms with van der Waals surface area (Å²) in [5.41, 5.74) is 2.17. The summed E-state index contributed by atoms with van der Waals surface area (Å²) in [7, 11) is 0. The van der Waals surface area contributed by atoms with Crippen LogP contribution in [0, 0.1) is 0 Å². The summed E-state index contributed by atoms with van der Waals surface area (Å²) < 4.78 is 5.09. The monoisotopic (exact) mass is 243 g/mol. The fourth-order valence-corrected chi connectivity index (χ4v) is 1.83. The van der Waals surface area contributed by atoms with Crippen molar-refractivity contribution in [1.29, 1.82) is 0 Å². The predicted molar refractivity (Wildman–Crippen MR) is 62.9 cm³/mol. The van der Waals surface area contributed by atoms with Crippen LogP contribution < -0.4 is 0 Å². The van der Waals surface area contributed by atoms with Crippen molar-refractivity contribution in [3.63, 3.8) is 0 Å². The van der Waals surface area contributed by atoms with Crippen LogP contribution in [0.5, 0.6) is 0 Å². The number of fused-ring (bicyclic) bond motifs is 1. The highest BCUT2D eigenvalue weighted by Gasteiger charge is 2.28. The van der Waals surface area contributed by atoms with Gasteiger partial charge in [0.15, 0.2) is 12.0 Å². The SMILES string of the molecule is CC1=NN(C(=O)c2ccc3ocnc3c2)C(=O)C1. The highest BCUT2D eigenvalue weighted by atomic mass is 16.3. The molecule has 1 aromatic carbocycles. The van der Waals surface area contributed by atoms with E-state index in [2.05, 4.69) is 10.1 Å². The summed E-state index contributed by atoms with van der Waals surface area (Å²) in [6.45, 7) is 1.71. The molecule has 0 fully saturated rings. The molecule has 6 nitrogen and oxygen atoms in total. The zero-order valence-corrected chi connectivity index (χ0v) is 9.58. The van der Waals surface area contributed by atoms with Crippen molar-refractivity contribution in [1.82, 2.24) is 9.99 Å². The zero-order chi connectivity index (χ0) is 12.7. The van der Waals surface area contributed by atoms with E-state index in [-0.39, 0.29) is 12.3 Å². The van der Waals surface area contributed by atoms with Crippen LogP contribution >= 0.6 is 0 Å². The maximum atomic E-state index is 12.1. The second kappa shape index (κ2) is 3.76. The lowest BCUT2D eigenvalue weighted by Crippen LogP contribution is -2.28. The van der Waals surface area contributed by atoms with Crippen molar-refractivity contribution >= 4 is 28.6 Å². The standard InChI is InChI=1S/C12H9N3O3/c1-7-4-11(16)15(14-7)12(17)8-2-3-10-9(5-8)13-6-18-10/h2-3,5-6H,4H2,1H3. The molecular weight excluding hydrogens is 234 g/mol. The molecule has 0 N–H and O–H groups in total. The summed E-state index contributed by atoms with van der Waals surface area (Å²) in [4.78, 5) is 27.6. The van der Waals surface area contributed by atoms with E-state index in [0.717, 1.165) is 5.01 Å². The van der Waals surface area contributed by atoms with E-state index in [1.807, 2.05) is 0 Å². The van der Waals surface area contributed by atoms with Gasteiger partial charge in [0, 0.05) is 11.3 Å². The molecule has 1 aliphatic heterocycles. The minimum atomic E-state index is -0.443. The Labute approximate surface area is 102 Å². The molecule has 6 heteroatoms. The van der Waals surface area contributed by atoms with E-state index >= 15 is 0 Å². The summed E-state index contributed by atoms with van der Waals surface area (Å²) in [5.74, 6) is -0.750. The van der Waals surface area contributed by atoms with Crippen LogP contribution in [0.3, 0.4) is 0 Å². The first-order valence-corrected chi connectivity index (χ1v) is 5.40. The van der Waals surface area contributed by atoms with Crippen LogP contribution in [0.4, 0.5) is 0 Å². The lowest BCUT2D eigenvalue weighted by Gasteiger charge is -2.09. The minimum absolute atomic E-state index is 0.192. The molecule has 2 heterocycles. The number of benzene rings is 1. The predicted octanol–water partition coefficient (Wildman–Crippen LogP) is 1.58. The Morgan fingerprint density at radius 1 is 1.44 bits per heavy atom. The van der Waals surface area contributed by atoms with Gasteiger partial charge in [-0.25, -0.2) is 4.98 Å². The molecule has 1 aliphatic rings. The number of imide groups is 1. The van der Waals surface area contributed by atoms with Crippen molar-refractivity contribution in [2.24, 2.45) is 5.10 Å². The van der Waals surface area contributed by atoms with Gasteiger partial charge in [-0.1, -0.05) is 0 Å². The number of aromatic nitrogens is 1. The van der Waals surface area contributed by atoms with Gasteiger partial charge in [-0.15, -0.1) is 0 Å². The fraction of sp³-hybridized carbons (Fsp3) is 0.167. The normalized spacial score (nSPS) is 15.3. The largest absolute Gasteiger partial charge is 0.443 e. The molecule has 2 amide bonds. The Balaban J connectivity index is 1.99. The van der Waals surface area contributed by atoms with Gasteiger partial charge in [0.1, 0.15) is 5.52 Å². The van der Waals surface area contributed by atoms with E-state index in [4.69, 9.17) is 4.42 Å². The molecular formula is C12H9N3O3. The molecule has 0 radical (unpaired) electrons. The Bertz CT molecular complexity index is 687. The van der Waals surface area contributed by atoms with Gasteiger partial charge < -0.3 is 4.42 Å². The summed E-state index contributed by atoms with van der Waals surface area (Å²) in [6, 6.07) is 4.82. The summed E-state index contributed by atoms with van der Waals surface area (Å²) in [6.07, 6.45) is 1.50. The van der Waals surface area contributed by atoms with E-state index in [1.165, 1.54) is 6.39 Å². The van der Waals surface area contributed by atoms with Crippen LogP contribution in [0.2, 0.25) is 0 Å². The highest BCUT2D eigenvalue weighted by Crippen LogP contribution is 2.18. The number of carbonyl (C=O) groups excluding carboxylic acids is 2. The maximum absolute atomic E-state index is 12.1. The number of nitrogens with zero attached hydrogens (tertiary/aromatic N) is 3. The number of rotatable bonds is 1. The molecule has 0 aliphatic carbocycles. The molecule has 90 valence electrons. The molecule has 18 heavy (non-hydrogen) atoms. The van der Waals surface area contributed by atoms with Crippen molar-refractivity contribution < 1.29 is 14.0 Å². The fourth-order valence-electron chi connectivity index (χ4n) is 1.83. The first-order valence-electron chi connectivity index (χ1n) is 5.40. The second-order valence-electron chi connectivity index (χ2n) is 4.06. The number of hydrogen-bond acceptors (Lipinski definition) is 5. The Kier molecular flexibility index (Phi) is 2.22. The van der Waals surface area contributed by atoms with Gasteiger partial charge in [0.05, 0.1) is 6.42 Å². The van der Waals surface area contributed by atoms with Crippen molar-refractivity contribution in [2.45, 2.75) is 13.3 Å². The van der Waals surface area contributed by atoms with Gasteiger partial charge >= 0.3 is 0 Å². The lowest BCUT2D eigenvalue weighted by molar-refractivity contribution is -0.126. The van der Waals surface area contributed by atoms with E-state index in [9.17, 15) is 9.59 Å². The van der Waals surface area contributed by atoms with Gasteiger partial charge in [-0.3, -0.25) is 9.59 Å². The molecule has 2 aromatic rings. The molecule has 0 atom stereocenters. The van der Waals surface area contributed by atoms with Gasteiger partial charge in [0.25, 0.3) is 11.8 Å². The number of hydrazone groups is 1. The average molecular weight is 243 g/mol. The van der Waals surface area contributed by atoms with Crippen molar-refractivity contribution in [2.75, 3.05) is 0 Å². The van der Waals surface area contributed by atoms with Gasteiger partial charge in [0.2, 0.25) is 0 Å². The smallest absolute Gasteiger partial charge is 0.281 e. The molecule has 1 aromatic heterocycles. The van der Waals surface area contributed by atoms with Crippen LogP contribution in [-0.4, -0.2) is 27.5 Å². The third kappa shape index (κ3) is 1.58. The van der Waals surface area contributed by atoms with Gasteiger partial charge in [-0.05, 0) is 25.1 Å². The Morgan fingerprint density at radius 3 is 3.00 bits per heavy atom. The number of amides is 2. The topological polar surface area (TPSA) is 75.8 Å². The molecule has 3 rings (SSSR count). The Morgan fingerprint density at radius 2 is 2.28 bits per heavy atom. The molecule has 0 spiro atoms. The van der Waals surface area contributed by atoms with Crippen LogP contribution in [0.25, 0.3) is 11.1 Å².